The third-order valence-corrected chi connectivity index (χ3v) is 3.15. The zero-order valence-corrected chi connectivity index (χ0v) is 9.76. The maximum absolute atomic E-state index is 10.8. The van der Waals surface area contributed by atoms with Gasteiger partial charge in [0.1, 0.15) is 5.69 Å². The van der Waals surface area contributed by atoms with Crippen LogP contribution in [0.5, 0.6) is 0 Å². The fourth-order valence-electron chi connectivity index (χ4n) is 1.51. The molecule has 0 radical (unpaired) electrons. The molecule has 1 aromatic heterocycles. The van der Waals surface area contributed by atoms with E-state index in [9.17, 15) is 4.79 Å². The van der Waals surface area contributed by atoms with E-state index >= 15 is 0 Å². The molecule has 0 N–H and O–H groups in total. The van der Waals surface area contributed by atoms with E-state index in [0.29, 0.717) is 10.7 Å². The highest BCUT2D eigenvalue weighted by Crippen LogP contribution is 2.30. The lowest BCUT2D eigenvalue weighted by Gasteiger charge is -1.97. The minimum absolute atomic E-state index is 0.514. The van der Waals surface area contributed by atoms with Gasteiger partial charge in [0, 0.05) is 16.9 Å². The van der Waals surface area contributed by atoms with E-state index in [0.717, 1.165) is 21.7 Å². The molecule has 0 spiro atoms. The number of rotatable bonds is 1. The van der Waals surface area contributed by atoms with E-state index in [4.69, 9.17) is 11.6 Å². The zero-order chi connectivity index (χ0) is 10.3. The smallest absolute Gasteiger partial charge is 0.168 e. The lowest BCUT2D eigenvalue weighted by molar-refractivity contribution is 0.111. The monoisotopic (exact) mass is 271 g/mol. The van der Waals surface area contributed by atoms with Gasteiger partial charge in [-0.25, -0.2) is 0 Å². The summed E-state index contributed by atoms with van der Waals surface area (Å²) in [4.78, 5) is 10.8. The Morgan fingerprint density at radius 3 is 2.86 bits per heavy atom. The van der Waals surface area contributed by atoms with Gasteiger partial charge < -0.3 is 4.57 Å². The van der Waals surface area contributed by atoms with Crippen LogP contribution in [-0.4, -0.2) is 10.9 Å². The number of halogens is 2. The number of fused-ring (bicyclic) bond motifs is 1. The van der Waals surface area contributed by atoms with Crippen molar-refractivity contribution in [3.05, 3.63) is 33.4 Å². The van der Waals surface area contributed by atoms with E-state index in [2.05, 4.69) is 15.9 Å². The lowest BCUT2D eigenvalue weighted by Crippen LogP contribution is -1.93. The topological polar surface area (TPSA) is 22.0 Å². The second-order valence-electron chi connectivity index (χ2n) is 3.04. The molecule has 0 atom stereocenters. The minimum atomic E-state index is 0.514. The van der Waals surface area contributed by atoms with E-state index in [-0.39, 0.29) is 0 Å². The van der Waals surface area contributed by atoms with Crippen LogP contribution in [0, 0.1) is 0 Å². The Kier molecular flexibility index (Phi) is 2.37. The van der Waals surface area contributed by atoms with Crippen molar-refractivity contribution in [3.8, 4) is 0 Å². The second kappa shape index (κ2) is 3.41. The molecule has 0 bridgehead atoms. The summed E-state index contributed by atoms with van der Waals surface area (Å²) in [5.74, 6) is 0. The molecule has 14 heavy (non-hydrogen) atoms. The van der Waals surface area contributed by atoms with Gasteiger partial charge in [-0.05, 0) is 12.1 Å². The van der Waals surface area contributed by atoms with Crippen molar-refractivity contribution in [1.29, 1.82) is 0 Å². The molecule has 1 aromatic carbocycles. The number of aromatic nitrogens is 1. The SMILES string of the molecule is Cn1c(C=O)c(Cl)c2ccc(Br)cc21. The molecule has 0 fully saturated rings. The highest BCUT2D eigenvalue weighted by atomic mass is 79.9. The average molecular weight is 273 g/mol. The Morgan fingerprint density at radius 1 is 1.50 bits per heavy atom. The molecule has 0 aliphatic carbocycles. The number of hydrogen-bond acceptors (Lipinski definition) is 1. The van der Waals surface area contributed by atoms with E-state index in [1.807, 2.05) is 25.2 Å². The van der Waals surface area contributed by atoms with Gasteiger partial charge in [-0.2, -0.15) is 0 Å². The standard InChI is InChI=1S/C10H7BrClNO/c1-13-8-4-6(11)2-3-7(8)10(12)9(13)5-14/h2-5H,1H3. The summed E-state index contributed by atoms with van der Waals surface area (Å²) in [7, 11) is 1.82. The summed E-state index contributed by atoms with van der Waals surface area (Å²) < 4.78 is 2.76. The summed E-state index contributed by atoms with van der Waals surface area (Å²) in [5.41, 5.74) is 1.46. The summed E-state index contributed by atoms with van der Waals surface area (Å²) >= 11 is 9.43. The van der Waals surface area contributed by atoms with Crippen LogP contribution < -0.4 is 0 Å². The number of carbonyl (C=O) groups is 1. The van der Waals surface area contributed by atoms with Crippen LogP contribution >= 0.6 is 27.5 Å². The van der Waals surface area contributed by atoms with Crippen molar-refractivity contribution in [3.63, 3.8) is 0 Å². The van der Waals surface area contributed by atoms with E-state index < -0.39 is 0 Å². The van der Waals surface area contributed by atoms with Crippen molar-refractivity contribution in [1.82, 2.24) is 4.57 Å². The maximum atomic E-state index is 10.8. The molecule has 0 aliphatic heterocycles. The van der Waals surface area contributed by atoms with Crippen LogP contribution in [-0.2, 0) is 7.05 Å². The number of nitrogens with zero attached hydrogens (tertiary/aromatic N) is 1. The molecule has 0 saturated heterocycles. The van der Waals surface area contributed by atoms with Gasteiger partial charge >= 0.3 is 0 Å². The predicted molar refractivity (Wildman–Crippen MR) is 61.0 cm³/mol. The van der Waals surface area contributed by atoms with Crippen LogP contribution in [0.2, 0.25) is 5.02 Å². The molecule has 2 aromatic rings. The van der Waals surface area contributed by atoms with Crippen molar-refractivity contribution < 1.29 is 4.79 Å². The summed E-state index contributed by atoms with van der Waals surface area (Å²) in [5, 5.41) is 1.42. The van der Waals surface area contributed by atoms with Gasteiger partial charge in [0.05, 0.1) is 10.5 Å². The van der Waals surface area contributed by atoms with Crippen LogP contribution in [0.25, 0.3) is 10.9 Å². The molecule has 0 saturated carbocycles. The Hall–Kier alpha value is -0.800. The lowest BCUT2D eigenvalue weighted by atomic mass is 10.2. The Morgan fingerprint density at radius 2 is 2.21 bits per heavy atom. The second-order valence-corrected chi connectivity index (χ2v) is 4.33. The van der Waals surface area contributed by atoms with Gasteiger partial charge in [-0.1, -0.05) is 33.6 Å². The van der Waals surface area contributed by atoms with Gasteiger partial charge in [0.2, 0.25) is 0 Å². The zero-order valence-electron chi connectivity index (χ0n) is 7.42. The largest absolute Gasteiger partial charge is 0.340 e. The highest BCUT2D eigenvalue weighted by Gasteiger charge is 2.12. The fraction of sp³-hybridized carbons (Fsp3) is 0.100. The summed E-state index contributed by atoms with van der Waals surface area (Å²) in [6.07, 6.45) is 0.774. The van der Waals surface area contributed by atoms with Gasteiger partial charge in [-0.15, -0.1) is 0 Å². The number of benzene rings is 1. The normalized spacial score (nSPS) is 10.8. The van der Waals surface area contributed by atoms with Gasteiger partial charge in [0.15, 0.2) is 6.29 Å². The summed E-state index contributed by atoms with van der Waals surface area (Å²) in [6, 6.07) is 5.74. The number of aryl methyl sites for hydroxylation is 1. The van der Waals surface area contributed by atoms with Crippen LogP contribution in [0.1, 0.15) is 10.5 Å². The van der Waals surface area contributed by atoms with Crippen LogP contribution in [0.4, 0.5) is 0 Å². The first-order valence-corrected chi connectivity index (χ1v) is 5.21. The third kappa shape index (κ3) is 1.28. The Bertz CT molecular complexity index is 518. The average Bonchev–Trinajstić information content (AvgIpc) is 2.39. The Labute approximate surface area is 94.6 Å². The molecule has 0 unspecified atom stereocenters. The van der Waals surface area contributed by atoms with Crippen LogP contribution in [0.3, 0.4) is 0 Å². The molecule has 4 heteroatoms. The summed E-state index contributed by atoms with van der Waals surface area (Å²) in [6.45, 7) is 0. The van der Waals surface area contributed by atoms with Gasteiger partial charge in [0.25, 0.3) is 0 Å². The van der Waals surface area contributed by atoms with Crippen molar-refractivity contribution in [2.75, 3.05) is 0 Å². The molecule has 2 nitrogen and oxygen atoms in total. The minimum Gasteiger partial charge on any atom is -0.340 e. The molecular formula is C10H7BrClNO. The third-order valence-electron chi connectivity index (χ3n) is 2.26. The predicted octanol–water partition coefficient (Wildman–Crippen LogP) is 3.41. The number of hydrogen-bond donors (Lipinski definition) is 0. The molecule has 0 amide bonds. The molecule has 2 rings (SSSR count). The molecule has 1 heterocycles. The van der Waals surface area contributed by atoms with E-state index in [1.54, 1.807) is 4.57 Å². The van der Waals surface area contributed by atoms with Crippen LogP contribution in [0.15, 0.2) is 22.7 Å². The van der Waals surface area contributed by atoms with Crippen molar-refractivity contribution in [2.24, 2.45) is 7.05 Å². The Balaban J connectivity index is 2.94. The molecule has 0 aliphatic rings. The van der Waals surface area contributed by atoms with Crippen molar-refractivity contribution in [2.45, 2.75) is 0 Å². The molecule has 72 valence electrons. The number of aldehydes is 1. The van der Waals surface area contributed by atoms with E-state index in [1.165, 1.54) is 0 Å². The first kappa shape index (κ1) is 9.74. The highest BCUT2D eigenvalue weighted by molar-refractivity contribution is 9.10. The first-order chi connectivity index (χ1) is 6.65. The fourth-order valence-corrected chi connectivity index (χ4v) is 2.19. The maximum Gasteiger partial charge on any atom is 0.168 e. The van der Waals surface area contributed by atoms with Crippen molar-refractivity contribution >= 4 is 44.7 Å². The van der Waals surface area contributed by atoms with Gasteiger partial charge in [-0.3, -0.25) is 4.79 Å². The first-order valence-electron chi connectivity index (χ1n) is 4.03. The molecular weight excluding hydrogens is 265 g/mol. The number of carbonyl (C=O) groups excluding carboxylic acids is 1. The quantitative estimate of drug-likeness (QED) is 0.729.